The van der Waals surface area contributed by atoms with Gasteiger partial charge >= 0.3 is 5.97 Å². The van der Waals surface area contributed by atoms with Gasteiger partial charge in [-0.05, 0) is 6.92 Å². The van der Waals surface area contributed by atoms with E-state index in [-0.39, 0.29) is 0 Å². The molecule has 1 aliphatic heterocycles. The fourth-order valence-corrected chi connectivity index (χ4v) is 1.90. The Kier molecular flexibility index (Phi) is 2.39. The molecule has 0 amide bonds. The molecular formula is C12H14O3. The van der Waals surface area contributed by atoms with E-state index in [1.807, 2.05) is 18.2 Å². The number of hydrogen-bond acceptors (Lipinski definition) is 2. The van der Waals surface area contributed by atoms with E-state index in [2.05, 4.69) is 6.92 Å². The summed E-state index contributed by atoms with van der Waals surface area (Å²) in [7, 11) is 0. The molecule has 1 aromatic rings. The summed E-state index contributed by atoms with van der Waals surface area (Å²) in [5.74, 6) is -0.183. The molecule has 0 saturated carbocycles. The number of fused-ring (bicyclic) bond motifs is 1. The zero-order chi connectivity index (χ0) is 11.0. The Hall–Kier alpha value is -1.51. The standard InChI is InChI=1S/C12H14O3/c1-7-6-15-11-9(7)4-3-5-10(11)8(2)12(13)14/h3-5,7-8H,6H2,1-2H3,(H,13,14). The first-order valence-electron chi connectivity index (χ1n) is 5.09. The van der Waals surface area contributed by atoms with Crippen molar-refractivity contribution < 1.29 is 14.6 Å². The number of aliphatic carboxylic acids is 1. The van der Waals surface area contributed by atoms with E-state index in [9.17, 15) is 4.79 Å². The summed E-state index contributed by atoms with van der Waals surface area (Å²) in [5, 5.41) is 8.98. The average Bonchev–Trinajstić information content (AvgIpc) is 2.59. The Bertz CT molecular complexity index is 398. The number of rotatable bonds is 2. The van der Waals surface area contributed by atoms with Crippen LogP contribution in [0.1, 0.15) is 36.8 Å². The molecular weight excluding hydrogens is 192 g/mol. The SMILES string of the molecule is CC1COc2c1cccc2C(C)C(=O)O. The van der Waals surface area contributed by atoms with Gasteiger partial charge in [-0.25, -0.2) is 0 Å². The van der Waals surface area contributed by atoms with Crippen LogP contribution in [-0.4, -0.2) is 17.7 Å². The molecule has 80 valence electrons. The minimum atomic E-state index is -0.813. The molecule has 2 atom stereocenters. The first-order chi connectivity index (χ1) is 7.11. The highest BCUT2D eigenvalue weighted by atomic mass is 16.5. The minimum Gasteiger partial charge on any atom is -0.492 e. The third kappa shape index (κ3) is 1.58. The Labute approximate surface area is 88.7 Å². The van der Waals surface area contributed by atoms with Gasteiger partial charge in [0.25, 0.3) is 0 Å². The lowest BCUT2D eigenvalue weighted by molar-refractivity contribution is -0.138. The molecule has 1 heterocycles. The van der Waals surface area contributed by atoms with E-state index in [0.717, 1.165) is 16.9 Å². The van der Waals surface area contributed by atoms with E-state index in [1.165, 1.54) is 0 Å². The lowest BCUT2D eigenvalue weighted by Gasteiger charge is -2.11. The Morgan fingerprint density at radius 2 is 2.33 bits per heavy atom. The lowest BCUT2D eigenvalue weighted by Crippen LogP contribution is -2.08. The maximum Gasteiger partial charge on any atom is 0.310 e. The Morgan fingerprint density at radius 1 is 1.60 bits per heavy atom. The van der Waals surface area contributed by atoms with E-state index < -0.39 is 11.9 Å². The number of benzene rings is 1. The minimum absolute atomic E-state index is 0.362. The van der Waals surface area contributed by atoms with Crippen molar-refractivity contribution in [2.45, 2.75) is 25.7 Å². The second-order valence-corrected chi connectivity index (χ2v) is 4.04. The zero-order valence-electron chi connectivity index (χ0n) is 8.86. The summed E-state index contributed by atoms with van der Waals surface area (Å²) < 4.78 is 5.55. The number of carbonyl (C=O) groups is 1. The van der Waals surface area contributed by atoms with Crippen LogP contribution in [0, 0.1) is 0 Å². The molecule has 0 radical (unpaired) electrons. The molecule has 1 N–H and O–H groups in total. The summed E-state index contributed by atoms with van der Waals surface area (Å²) >= 11 is 0. The molecule has 0 bridgehead atoms. The fraction of sp³-hybridized carbons (Fsp3) is 0.417. The first kappa shape index (κ1) is 10.0. The van der Waals surface area contributed by atoms with Gasteiger partial charge in [-0.2, -0.15) is 0 Å². The molecule has 0 saturated heterocycles. The molecule has 1 aromatic carbocycles. The van der Waals surface area contributed by atoms with Crippen LogP contribution in [0.2, 0.25) is 0 Å². The molecule has 0 aliphatic carbocycles. The third-order valence-electron chi connectivity index (χ3n) is 2.92. The molecule has 15 heavy (non-hydrogen) atoms. The lowest BCUT2D eigenvalue weighted by atomic mass is 9.95. The van der Waals surface area contributed by atoms with Crippen molar-refractivity contribution in [3.63, 3.8) is 0 Å². The van der Waals surface area contributed by atoms with E-state index in [0.29, 0.717) is 12.5 Å². The molecule has 2 rings (SSSR count). The van der Waals surface area contributed by atoms with Gasteiger partial charge in [-0.3, -0.25) is 4.79 Å². The predicted octanol–water partition coefficient (Wildman–Crippen LogP) is 2.37. The van der Waals surface area contributed by atoms with Crippen molar-refractivity contribution in [1.82, 2.24) is 0 Å². The van der Waals surface area contributed by atoms with Gasteiger partial charge in [0.15, 0.2) is 0 Å². The highest BCUT2D eigenvalue weighted by Crippen LogP contribution is 2.39. The number of carboxylic acids is 1. The molecule has 3 nitrogen and oxygen atoms in total. The van der Waals surface area contributed by atoms with Crippen molar-refractivity contribution >= 4 is 5.97 Å². The molecule has 1 aliphatic rings. The average molecular weight is 206 g/mol. The van der Waals surface area contributed by atoms with Crippen molar-refractivity contribution in [2.75, 3.05) is 6.61 Å². The van der Waals surface area contributed by atoms with Crippen LogP contribution in [0.5, 0.6) is 5.75 Å². The highest BCUT2D eigenvalue weighted by Gasteiger charge is 2.26. The molecule has 0 fully saturated rings. The van der Waals surface area contributed by atoms with Crippen LogP contribution < -0.4 is 4.74 Å². The normalized spacial score (nSPS) is 20.5. The number of ether oxygens (including phenoxy) is 1. The summed E-state index contributed by atoms with van der Waals surface area (Å²) in [4.78, 5) is 10.9. The molecule has 0 aromatic heterocycles. The van der Waals surface area contributed by atoms with Gasteiger partial charge in [-0.1, -0.05) is 25.1 Å². The van der Waals surface area contributed by atoms with Gasteiger partial charge in [0.05, 0.1) is 12.5 Å². The zero-order valence-corrected chi connectivity index (χ0v) is 8.86. The van der Waals surface area contributed by atoms with Crippen LogP contribution in [0.3, 0.4) is 0 Å². The maximum absolute atomic E-state index is 10.9. The third-order valence-corrected chi connectivity index (χ3v) is 2.92. The highest BCUT2D eigenvalue weighted by molar-refractivity contribution is 5.77. The number of carboxylic acid groups (broad SMARTS) is 1. The fourth-order valence-electron chi connectivity index (χ4n) is 1.90. The van der Waals surface area contributed by atoms with E-state index >= 15 is 0 Å². The monoisotopic (exact) mass is 206 g/mol. The van der Waals surface area contributed by atoms with Crippen molar-refractivity contribution in [3.05, 3.63) is 29.3 Å². The van der Waals surface area contributed by atoms with Gasteiger partial charge in [0, 0.05) is 17.0 Å². The van der Waals surface area contributed by atoms with Crippen molar-refractivity contribution in [3.8, 4) is 5.75 Å². The van der Waals surface area contributed by atoms with Gasteiger partial charge in [0.1, 0.15) is 5.75 Å². The van der Waals surface area contributed by atoms with Crippen molar-refractivity contribution in [1.29, 1.82) is 0 Å². The summed E-state index contributed by atoms with van der Waals surface area (Å²) in [5.41, 5.74) is 1.91. The van der Waals surface area contributed by atoms with Crippen LogP contribution in [0.4, 0.5) is 0 Å². The topological polar surface area (TPSA) is 46.5 Å². The molecule has 3 heteroatoms. The Balaban J connectivity index is 2.46. The van der Waals surface area contributed by atoms with Crippen LogP contribution >= 0.6 is 0 Å². The second kappa shape index (κ2) is 3.57. The van der Waals surface area contributed by atoms with Crippen LogP contribution in [0.15, 0.2) is 18.2 Å². The summed E-state index contributed by atoms with van der Waals surface area (Å²) in [6, 6.07) is 5.74. The van der Waals surface area contributed by atoms with Gasteiger partial charge in [0.2, 0.25) is 0 Å². The largest absolute Gasteiger partial charge is 0.492 e. The first-order valence-corrected chi connectivity index (χ1v) is 5.09. The summed E-state index contributed by atoms with van der Waals surface area (Å²) in [6.45, 7) is 4.42. The van der Waals surface area contributed by atoms with E-state index in [1.54, 1.807) is 6.92 Å². The Morgan fingerprint density at radius 3 is 3.00 bits per heavy atom. The van der Waals surface area contributed by atoms with Gasteiger partial charge in [-0.15, -0.1) is 0 Å². The number of para-hydroxylation sites is 1. The molecule has 2 unspecified atom stereocenters. The van der Waals surface area contributed by atoms with Crippen molar-refractivity contribution in [2.24, 2.45) is 0 Å². The smallest absolute Gasteiger partial charge is 0.310 e. The second-order valence-electron chi connectivity index (χ2n) is 4.04. The molecule has 0 spiro atoms. The van der Waals surface area contributed by atoms with Crippen LogP contribution in [-0.2, 0) is 4.79 Å². The predicted molar refractivity (Wildman–Crippen MR) is 56.4 cm³/mol. The van der Waals surface area contributed by atoms with Crippen LogP contribution in [0.25, 0.3) is 0 Å². The van der Waals surface area contributed by atoms with E-state index in [4.69, 9.17) is 9.84 Å². The quantitative estimate of drug-likeness (QED) is 0.808. The number of hydrogen-bond donors (Lipinski definition) is 1. The summed E-state index contributed by atoms with van der Waals surface area (Å²) in [6.07, 6.45) is 0. The van der Waals surface area contributed by atoms with Gasteiger partial charge < -0.3 is 9.84 Å². The maximum atomic E-state index is 10.9.